The van der Waals surface area contributed by atoms with Gasteiger partial charge in [0.1, 0.15) is 5.75 Å². The zero-order valence-electron chi connectivity index (χ0n) is 12.0. The molecule has 2 unspecified atom stereocenters. The molecule has 2 atom stereocenters. The van der Waals surface area contributed by atoms with E-state index < -0.39 is 6.36 Å². The van der Waals surface area contributed by atoms with Crippen LogP contribution in [0.1, 0.15) is 25.5 Å². The zero-order chi connectivity index (χ0) is 15.3. The van der Waals surface area contributed by atoms with Crippen LogP contribution in [0.5, 0.6) is 5.75 Å². The largest absolute Gasteiger partial charge is 0.573 e. The van der Waals surface area contributed by atoms with Crippen LogP contribution in [0, 0.1) is 5.92 Å². The SMILES string of the molecule is CNC(c1cccc(OC(F)(F)F)c1)C(OC)C(C)C. The number of likely N-dealkylation sites (N-methyl/N-ethyl adjacent to an activating group) is 1. The molecule has 0 heterocycles. The van der Waals surface area contributed by atoms with Crippen molar-refractivity contribution >= 4 is 0 Å². The first-order valence-corrected chi connectivity index (χ1v) is 6.34. The van der Waals surface area contributed by atoms with E-state index in [0.717, 1.165) is 0 Å². The summed E-state index contributed by atoms with van der Waals surface area (Å²) in [5.74, 6) is -0.0153. The van der Waals surface area contributed by atoms with Gasteiger partial charge in [0.05, 0.1) is 12.1 Å². The summed E-state index contributed by atoms with van der Waals surface area (Å²) in [5.41, 5.74) is 0.690. The second kappa shape index (κ2) is 6.95. The van der Waals surface area contributed by atoms with Gasteiger partial charge in [0.25, 0.3) is 0 Å². The third-order valence-electron chi connectivity index (χ3n) is 3.02. The zero-order valence-corrected chi connectivity index (χ0v) is 12.0. The summed E-state index contributed by atoms with van der Waals surface area (Å²) < 4.78 is 46.1. The molecule has 0 radical (unpaired) electrons. The van der Waals surface area contributed by atoms with Crippen LogP contribution in [-0.4, -0.2) is 26.6 Å². The lowest BCUT2D eigenvalue weighted by molar-refractivity contribution is -0.274. The molecule has 0 saturated carbocycles. The molecule has 1 rings (SSSR count). The first-order valence-electron chi connectivity index (χ1n) is 6.34. The fourth-order valence-corrected chi connectivity index (χ4v) is 2.22. The number of halogens is 3. The van der Waals surface area contributed by atoms with Crippen molar-refractivity contribution in [2.24, 2.45) is 5.92 Å². The van der Waals surface area contributed by atoms with Gasteiger partial charge in [-0.25, -0.2) is 0 Å². The molecule has 0 spiro atoms. The minimum Gasteiger partial charge on any atom is -0.406 e. The van der Waals surface area contributed by atoms with E-state index >= 15 is 0 Å². The number of hydrogen-bond acceptors (Lipinski definition) is 3. The minimum atomic E-state index is -4.69. The van der Waals surface area contributed by atoms with Gasteiger partial charge in [0, 0.05) is 7.11 Å². The van der Waals surface area contributed by atoms with Crippen molar-refractivity contribution in [3.8, 4) is 5.75 Å². The van der Waals surface area contributed by atoms with E-state index in [4.69, 9.17) is 4.74 Å². The van der Waals surface area contributed by atoms with E-state index in [2.05, 4.69) is 10.1 Å². The Bertz CT molecular complexity index is 421. The van der Waals surface area contributed by atoms with Gasteiger partial charge in [-0.15, -0.1) is 13.2 Å². The molecule has 0 saturated heterocycles. The highest BCUT2D eigenvalue weighted by Crippen LogP contribution is 2.29. The van der Waals surface area contributed by atoms with Gasteiger partial charge in [-0.1, -0.05) is 26.0 Å². The number of alkyl halides is 3. The average molecular weight is 291 g/mol. The fraction of sp³-hybridized carbons (Fsp3) is 0.571. The van der Waals surface area contributed by atoms with Crippen LogP contribution in [0.2, 0.25) is 0 Å². The van der Waals surface area contributed by atoms with Crippen molar-refractivity contribution in [1.82, 2.24) is 5.32 Å². The first-order chi connectivity index (χ1) is 9.28. The smallest absolute Gasteiger partial charge is 0.406 e. The molecule has 6 heteroatoms. The Labute approximate surface area is 117 Å². The van der Waals surface area contributed by atoms with Crippen LogP contribution < -0.4 is 10.1 Å². The first kappa shape index (κ1) is 16.8. The molecule has 0 aromatic heterocycles. The Kier molecular flexibility index (Phi) is 5.83. The van der Waals surface area contributed by atoms with Gasteiger partial charge in [-0.2, -0.15) is 0 Å². The molecule has 1 aromatic rings. The number of methoxy groups -OCH3 is 1. The maximum Gasteiger partial charge on any atom is 0.573 e. The predicted octanol–water partition coefficient (Wildman–Crippen LogP) is 3.52. The lowest BCUT2D eigenvalue weighted by atomic mass is 9.93. The molecular weight excluding hydrogens is 271 g/mol. The number of nitrogens with one attached hydrogen (secondary N) is 1. The second-order valence-electron chi connectivity index (χ2n) is 4.83. The maximum absolute atomic E-state index is 12.2. The summed E-state index contributed by atoms with van der Waals surface area (Å²) in [7, 11) is 3.33. The van der Waals surface area contributed by atoms with E-state index in [1.54, 1.807) is 20.2 Å². The van der Waals surface area contributed by atoms with Crippen molar-refractivity contribution in [2.75, 3.05) is 14.2 Å². The van der Waals surface area contributed by atoms with Gasteiger partial charge in [0.2, 0.25) is 0 Å². The van der Waals surface area contributed by atoms with Gasteiger partial charge in [0.15, 0.2) is 0 Å². The Balaban J connectivity index is 3.01. The summed E-state index contributed by atoms with van der Waals surface area (Å²) >= 11 is 0. The molecule has 0 aliphatic carbocycles. The maximum atomic E-state index is 12.2. The third kappa shape index (κ3) is 4.68. The topological polar surface area (TPSA) is 30.5 Å². The van der Waals surface area contributed by atoms with Crippen molar-refractivity contribution in [1.29, 1.82) is 0 Å². The van der Waals surface area contributed by atoms with Crippen molar-refractivity contribution in [2.45, 2.75) is 32.4 Å². The minimum absolute atomic E-state index is 0.152. The molecule has 0 bridgehead atoms. The summed E-state index contributed by atoms with van der Waals surface area (Å²) in [6.45, 7) is 3.99. The fourth-order valence-electron chi connectivity index (χ4n) is 2.22. The molecule has 114 valence electrons. The number of rotatable bonds is 6. The number of ether oxygens (including phenoxy) is 2. The molecule has 20 heavy (non-hydrogen) atoms. The average Bonchev–Trinajstić information content (AvgIpc) is 2.33. The Morgan fingerprint density at radius 1 is 1.20 bits per heavy atom. The van der Waals surface area contributed by atoms with Crippen LogP contribution in [0.15, 0.2) is 24.3 Å². The highest BCUT2D eigenvalue weighted by atomic mass is 19.4. The predicted molar refractivity (Wildman–Crippen MR) is 70.6 cm³/mol. The highest BCUT2D eigenvalue weighted by molar-refractivity contribution is 5.31. The highest BCUT2D eigenvalue weighted by Gasteiger charge is 2.32. The van der Waals surface area contributed by atoms with Crippen LogP contribution in [0.3, 0.4) is 0 Å². The number of hydrogen-bond donors (Lipinski definition) is 1. The third-order valence-corrected chi connectivity index (χ3v) is 3.02. The van der Waals surface area contributed by atoms with Gasteiger partial charge in [-0.05, 0) is 30.7 Å². The van der Waals surface area contributed by atoms with Crippen LogP contribution in [0.4, 0.5) is 13.2 Å². The molecular formula is C14H20F3NO2. The summed E-state index contributed by atoms with van der Waals surface area (Å²) in [5, 5.41) is 3.08. The molecule has 1 aromatic carbocycles. The Hall–Kier alpha value is -1.27. The van der Waals surface area contributed by atoms with Crippen LogP contribution in [0.25, 0.3) is 0 Å². The quantitative estimate of drug-likeness (QED) is 0.870. The van der Waals surface area contributed by atoms with Crippen molar-refractivity contribution in [3.63, 3.8) is 0 Å². The lowest BCUT2D eigenvalue weighted by Crippen LogP contribution is -2.34. The molecule has 0 aliphatic rings. The summed E-state index contributed by atoms with van der Waals surface area (Å²) in [4.78, 5) is 0. The molecule has 0 amide bonds. The van der Waals surface area contributed by atoms with Crippen molar-refractivity contribution < 1.29 is 22.6 Å². The Morgan fingerprint density at radius 2 is 1.85 bits per heavy atom. The second-order valence-corrected chi connectivity index (χ2v) is 4.83. The van der Waals surface area contributed by atoms with Crippen LogP contribution in [-0.2, 0) is 4.74 Å². The standard InChI is InChI=1S/C14H20F3NO2/c1-9(2)13(19-4)12(18-3)10-6-5-7-11(8-10)20-14(15,16)17/h5-9,12-13,18H,1-4H3. The van der Waals surface area contributed by atoms with Gasteiger partial charge >= 0.3 is 6.36 Å². The van der Waals surface area contributed by atoms with E-state index in [1.165, 1.54) is 18.2 Å². The monoisotopic (exact) mass is 291 g/mol. The van der Waals surface area contributed by atoms with E-state index in [9.17, 15) is 13.2 Å². The van der Waals surface area contributed by atoms with Crippen molar-refractivity contribution in [3.05, 3.63) is 29.8 Å². The number of benzene rings is 1. The Morgan fingerprint density at radius 3 is 2.30 bits per heavy atom. The summed E-state index contributed by atoms with van der Waals surface area (Å²) in [6.07, 6.45) is -4.84. The molecule has 1 N–H and O–H groups in total. The van der Waals surface area contributed by atoms with E-state index in [0.29, 0.717) is 5.56 Å². The molecule has 0 fully saturated rings. The molecule has 3 nitrogen and oxygen atoms in total. The lowest BCUT2D eigenvalue weighted by Gasteiger charge is -2.29. The molecule has 0 aliphatic heterocycles. The normalized spacial score (nSPS) is 15.2. The van der Waals surface area contributed by atoms with E-state index in [-0.39, 0.29) is 23.8 Å². The van der Waals surface area contributed by atoms with E-state index in [1.807, 2.05) is 13.8 Å². The van der Waals surface area contributed by atoms with Gasteiger partial charge < -0.3 is 14.8 Å². The van der Waals surface area contributed by atoms with Gasteiger partial charge in [-0.3, -0.25) is 0 Å². The van der Waals surface area contributed by atoms with Crippen LogP contribution >= 0.6 is 0 Å². The summed E-state index contributed by atoms with van der Waals surface area (Å²) in [6, 6.07) is 5.73.